The fourth-order valence-corrected chi connectivity index (χ4v) is 4.04. The summed E-state index contributed by atoms with van der Waals surface area (Å²) < 4.78 is 68.7. The first-order valence-corrected chi connectivity index (χ1v) is 12.0. The van der Waals surface area contributed by atoms with Crippen LogP contribution < -0.4 is 22.1 Å². The number of aliphatic imine (C=N–C) groups is 2. The van der Waals surface area contributed by atoms with Gasteiger partial charge in [0.1, 0.15) is 18.7 Å². The lowest BCUT2D eigenvalue weighted by atomic mass is 9.87. The molecule has 246 valence electrons. The van der Waals surface area contributed by atoms with Gasteiger partial charge in [0.15, 0.2) is 17.6 Å². The van der Waals surface area contributed by atoms with Crippen LogP contribution in [0.1, 0.15) is 32.1 Å². The van der Waals surface area contributed by atoms with Crippen LogP contribution in [0.5, 0.6) is 0 Å². The normalized spacial score (nSPS) is 23.4. The third kappa shape index (κ3) is 9.90. The van der Waals surface area contributed by atoms with Crippen molar-refractivity contribution in [3.8, 4) is 0 Å². The Kier molecular flexibility index (Phi) is 12.2. The van der Waals surface area contributed by atoms with Gasteiger partial charge in [0, 0.05) is 25.9 Å². The van der Waals surface area contributed by atoms with Crippen molar-refractivity contribution < 1.29 is 75.8 Å². The molecule has 0 bridgehead atoms. The Morgan fingerprint density at radius 2 is 1.51 bits per heavy atom. The molecule has 3 aliphatic rings. The first-order valence-electron chi connectivity index (χ1n) is 12.0. The number of carbonyl (C=O) groups excluding carboxylic acids is 1. The van der Waals surface area contributed by atoms with Gasteiger partial charge in [-0.1, -0.05) is 6.42 Å². The Morgan fingerprint density at radius 1 is 0.977 bits per heavy atom. The number of nitrogens with zero attached hydrogens (tertiary/aromatic N) is 3. The summed E-state index contributed by atoms with van der Waals surface area (Å²) in [6.45, 7) is 0.420. The minimum absolute atomic E-state index is 0.0193. The number of aliphatic carboxylic acids is 3. The van der Waals surface area contributed by atoms with Crippen molar-refractivity contribution in [2.75, 3.05) is 19.7 Å². The summed E-state index contributed by atoms with van der Waals surface area (Å²) in [4.78, 5) is 50.2. The van der Waals surface area contributed by atoms with E-state index in [2.05, 4.69) is 20.6 Å². The smallest absolute Gasteiger partial charge is 0.481 e. The largest absolute Gasteiger partial charge is 0.490 e. The molecule has 0 aromatic heterocycles. The molecule has 1 fully saturated rings. The quantitative estimate of drug-likeness (QED) is 0.0846. The number of carboxylic acids is 3. The highest BCUT2D eigenvalue weighted by atomic mass is 19.4. The number of nitrogens with two attached hydrogens (primary N) is 2. The topological polar surface area (TPSA) is 283 Å². The van der Waals surface area contributed by atoms with Gasteiger partial charge in [0.2, 0.25) is 5.79 Å². The average molecular weight is 641 g/mol. The van der Waals surface area contributed by atoms with Crippen LogP contribution in [0, 0.1) is 0 Å². The summed E-state index contributed by atoms with van der Waals surface area (Å²) in [7, 11) is 0. The molecule has 3 rings (SSSR count). The van der Waals surface area contributed by atoms with Gasteiger partial charge in [0.25, 0.3) is 0 Å². The lowest BCUT2D eigenvalue weighted by molar-refractivity contribution is -0.221. The second-order valence-corrected chi connectivity index (χ2v) is 8.96. The lowest BCUT2D eigenvalue weighted by Gasteiger charge is -2.48. The molecule has 3 aliphatic heterocycles. The third-order valence-electron chi connectivity index (χ3n) is 5.89. The van der Waals surface area contributed by atoms with Crippen LogP contribution in [0.15, 0.2) is 9.98 Å². The summed E-state index contributed by atoms with van der Waals surface area (Å²) in [5.41, 5.74) is 10.3. The zero-order valence-electron chi connectivity index (χ0n) is 21.9. The predicted octanol–water partition coefficient (Wildman–Crippen LogP) is -1.31. The van der Waals surface area contributed by atoms with E-state index in [1.54, 1.807) is 0 Å². The summed E-state index contributed by atoms with van der Waals surface area (Å²) >= 11 is 0. The molecular formula is C20H29F6N7O10. The van der Waals surface area contributed by atoms with Crippen LogP contribution >= 0.6 is 0 Å². The molecule has 3 heterocycles. The van der Waals surface area contributed by atoms with E-state index in [-0.39, 0.29) is 37.9 Å². The number of halogens is 6. The Bertz CT molecular complexity index is 1080. The van der Waals surface area contributed by atoms with Gasteiger partial charge in [0.05, 0.1) is 0 Å². The standard InChI is InChI=1S/C16H27N7O6.2C2HF3O2/c17-12-21-11-9(8-29-14(26)19-6-3-1-2-4-10(24)25)20-13(18)23-7-5-15(27,28)16(11,23)22-12;2*3-2(4,5)1(6)7/h9,11,27-28H,1-8H2,(H2,18,20)(H,19,26)(H,24,25)(H3,17,21,22);2*(H,6,7)/t9-,11-,16-;;/m0../s1. The number of alkyl halides is 6. The fraction of sp³-hybridized carbons (Fsp3) is 0.700. The molecule has 17 nitrogen and oxygen atoms in total. The van der Waals surface area contributed by atoms with Crippen LogP contribution in [0.3, 0.4) is 0 Å². The number of alkyl carbamates (subject to hydrolysis) is 1. The maximum absolute atomic E-state index is 11.9. The van der Waals surface area contributed by atoms with Crippen molar-refractivity contribution in [2.45, 2.75) is 68.0 Å². The lowest BCUT2D eigenvalue weighted by Crippen LogP contribution is -2.76. The first-order chi connectivity index (χ1) is 19.6. The van der Waals surface area contributed by atoms with E-state index in [9.17, 15) is 46.1 Å². The van der Waals surface area contributed by atoms with Gasteiger partial charge >= 0.3 is 36.4 Å². The van der Waals surface area contributed by atoms with E-state index in [4.69, 9.17) is 41.1 Å². The molecule has 1 spiro atoms. The fourth-order valence-electron chi connectivity index (χ4n) is 4.04. The number of hydrogen-bond acceptors (Lipinski definition) is 13. The molecule has 0 aromatic rings. The summed E-state index contributed by atoms with van der Waals surface area (Å²) in [6, 6.07) is -1.56. The van der Waals surface area contributed by atoms with Crippen LogP contribution in [0.4, 0.5) is 31.1 Å². The van der Waals surface area contributed by atoms with Crippen molar-refractivity contribution in [1.29, 1.82) is 0 Å². The number of aliphatic hydroxyl groups is 2. The monoisotopic (exact) mass is 641 g/mol. The van der Waals surface area contributed by atoms with Crippen molar-refractivity contribution in [3.05, 3.63) is 0 Å². The van der Waals surface area contributed by atoms with Crippen LogP contribution in [-0.2, 0) is 19.1 Å². The van der Waals surface area contributed by atoms with E-state index < -0.39 is 59.9 Å². The summed E-state index contributed by atoms with van der Waals surface area (Å²) in [5, 5.41) is 49.3. The molecular weight excluding hydrogens is 612 g/mol. The number of nitrogens with one attached hydrogen (secondary N) is 2. The maximum Gasteiger partial charge on any atom is 0.490 e. The SMILES string of the molecule is NC1=N[C@H]2[C@H](COC(=O)NCCCCCC(=O)O)N=C(N)N3CCC(O)(O)[C@]23N1.O=C(O)C(F)(F)F.O=C(O)C(F)(F)F. The van der Waals surface area contributed by atoms with E-state index >= 15 is 0 Å². The van der Waals surface area contributed by atoms with Gasteiger partial charge in [-0.05, 0) is 12.8 Å². The summed E-state index contributed by atoms with van der Waals surface area (Å²) in [6.07, 6.45) is -8.88. The maximum atomic E-state index is 11.9. The first kappa shape index (κ1) is 36.7. The molecule has 23 heteroatoms. The number of carboxylic acid groups (broad SMARTS) is 3. The highest BCUT2D eigenvalue weighted by molar-refractivity contribution is 5.87. The highest BCUT2D eigenvalue weighted by Crippen LogP contribution is 2.44. The van der Waals surface area contributed by atoms with Gasteiger partial charge in [-0.15, -0.1) is 0 Å². The highest BCUT2D eigenvalue weighted by Gasteiger charge is 2.69. The minimum atomic E-state index is -5.08. The van der Waals surface area contributed by atoms with Crippen molar-refractivity contribution >= 4 is 35.9 Å². The van der Waals surface area contributed by atoms with Crippen molar-refractivity contribution in [3.63, 3.8) is 0 Å². The molecule has 0 unspecified atom stereocenters. The minimum Gasteiger partial charge on any atom is -0.481 e. The van der Waals surface area contributed by atoms with E-state index in [0.717, 1.165) is 0 Å². The van der Waals surface area contributed by atoms with Gasteiger partial charge in [-0.25, -0.2) is 24.4 Å². The van der Waals surface area contributed by atoms with Crippen molar-refractivity contribution in [2.24, 2.45) is 21.5 Å². The molecule has 0 aromatic carbocycles. The number of guanidine groups is 2. The Hall–Kier alpha value is -4.28. The molecule has 0 saturated carbocycles. The number of hydrogen-bond donors (Lipinski definition) is 9. The third-order valence-corrected chi connectivity index (χ3v) is 5.89. The van der Waals surface area contributed by atoms with E-state index in [1.165, 1.54) is 4.90 Å². The average Bonchev–Trinajstić information content (AvgIpc) is 3.35. The Labute approximate surface area is 237 Å². The summed E-state index contributed by atoms with van der Waals surface area (Å²) in [5.74, 6) is -8.41. The molecule has 3 atom stereocenters. The van der Waals surface area contributed by atoms with Gasteiger partial charge in [-0.2, -0.15) is 26.3 Å². The van der Waals surface area contributed by atoms with E-state index in [1.807, 2.05) is 0 Å². The molecule has 11 N–H and O–H groups in total. The Morgan fingerprint density at radius 3 is 2.00 bits per heavy atom. The van der Waals surface area contributed by atoms with Gasteiger partial charge < -0.3 is 57.3 Å². The van der Waals surface area contributed by atoms with Crippen LogP contribution in [0.2, 0.25) is 0 Å². The predicted molar refractivity (Wildman–Crippen MR) is 128 cm³/mol. The molecule has 43 heavy (non-hydrogen) atoms. The zero-order chi connectivity index (χ0) is 33.4. The van der Waals surface area contributed by atoms with Gasteiger partial charge in [-0.3, -0.25) is 4.79 Å². The van der Waals surface area contributed by atoms with Crippen LogP contribution in [0.25, 0.3) is 0 Å². The molecule has 0 aliphatic carbocycles. The molecule has 1 amide bonds. The zero-order valence-corrected chi connectivity index (χ0v) is 21.9. The van der Waals surface area contributed by atoms with Crippen molar-refractivity contribution in [1.82, 2.24) is 15.5 Å². The van der Waals surface area contributed by atoms with E-state index in [0.29, 0.717) is 25.8 Å². The Balaban J connectivity index is 0.000000548. The number of carbonyl (C=O) groups is 4. The second-order valence-electron chi connectivity index (χ2n) is 8.96. The molecule has 1 saturated heterocycles. The number of amides is 1. The molecule has 0 radical (unpaired) electrons. The second kappa shape index (κ2) is 14.3. The van der Waals surface area contributed by atoms with Crippen LogP contribution in [-0.4, -0.2) is 122 Å². The number of unbranched alkanes of at least 4 members (excludes halogenated alkanes) is 2. The number of rotatable bonds is 8. The number of ether oxygens (including phenoxy) is 1.